The standard InChI is InChI=1S/C22H24F3N7O2S/c1-22(24,25)15-4-2-3-13(9-15)10-26-20(34)17-12-32(31-28-17)11-16(23)7-8-18-29-30-21(35-18)27-19(33)14-5-6-14/h2-4,9,12,14,16H,5-8,10-11H2,1H3,(H,26,34)(H,27,30,33). The van der Waals surface area contributed by atoms with Crippen LogP contribution in [0.2, 0.25) is 0 Å². The molecule has 1 aliphatic carbocycles. The number of benzene rings is 1. The minimum atomic E-state index is -2.98. The summed E-state index contributed by atoms with van der Waals surface area (Å²) in [5.74, 6) is -3.52. The number of halogens is 3. The van der Waals surface area contributed by atoms with E-state index >= 15 is 0 Å². The Morgan fingerprint density at radius 2 is 2.06 bits per heavy atom. The van der Waals surface area contributed by atoms with E-state index < -0.39 is 18.0 Å². The third-order valence-electron chi connectivity index (χ3n) is 5.36. The zero-order chi connectivity index (χ0) is 25.0. The fourth-order valence-electron chi connectivity index (χ4n) is 3.25. The molecule has 1 aliphatic rings. The van der Waals surface area contributed by atoms with Gasteiger partial charge in [-0.15, -0.1) is 15.3 Å². The van der Waals surface area contributed by atoms with Gasteiger partial charge in [0.05, 0.1) is 12.7 Å². The molecule has 2 amide bonds. The third kappa shape index (κ3) is 7.07. The van der Waals surface area contributed by atoms with Gasteiger partial charge in [0.2, 0.25) is 11.0 Å². The lowest BCUT2D eigenvalue weighted by molar-refractivity contribution is -0.117. The van der Waals surface area contributed by atoms with Crippen LogP contribution in [0, 0.1) is 5.92 Å². The summed E-state index contributed by atoms with van der Waals surface area (Å²) in [5.41, 5.74) is 0.367. The molecule has 0 aliphatic heterocycles. The molecule has 1 aromatic carbocycles. The second kappa shape index (κ2) is 10.5. The molecule has 4 rings (SSSR count). The van der Waals surface area contributed by atoms with Gasteiger partial charge in [0.25, 0.3) is 11.8 Å². The van der Waals surface area contributed by atoms with Crippen LogP contribution in [0.3, 0.4) is 0 Å². The summed E-state index contributed by atoms with van der Waals surface area (Å²) in [5, 5.41) is 21.8. The fraction of sp³-hybridized carbons (Fsp3) is 0.455. The van der Waals surface area contributed by atoms with Gasteiger partial charge in [0.1, 0.15) is 11.2 Å². The van der Waals surface area contributed by atoms with Gasteiger partial charge in [-0.05, 0) is 30.9 Å². The smallest absolute Gasteiger partial charge is 0.273 e. The molecule has 0 spiro atoms. The minimum absolute atomic E-state index is 0.00524. The van der Waals surface area contributed by atoms with E-state index in [2.05, 4.69) is 31.1 Å². The van der Waals surface area contributed by atoms with E-state index in [-0.39, 0.29) is 42.6 Å². The summed E-state index contributed by atoms with van der Waals surface area (Å²) in [6, 6.07) is 5.77. The van der Waals surface area contributed by atoms with Crippen molar-refractivity contribution in [1.82, 2.24) is 30.5 Å². The second-order valence-corrected chi connectivity index (χ2v) is 9.56. The van der Waals surface area contributed by atoms with Gasteiger partial charge < -0.3 is 10.6 Å². The summed E-state index contributed by atoms with van der Waals surface area (Å²) in [7, 11) is 0. The molecular formula is C22H24F3N7O2S. The lowest BCUT2D eigenvalue weighted by Gasteiger charge is -2.12. The number of anilines is 1. The summed E-state index contributed by atoms with van der Waals surface area (Å²) in [6.07, 6.45) is 2.34. The molecule has 9 nitrogen and oxygen atoms in total. The van der Waals surface area contributed by atoms with Gasteiger partial charge in [0.15, 0.2) is 5.69 Å². The lowest BCUT2D eigenvalue weighted by Crippen LogP contribution is -2.23. The molecular weight excluding hydrogens is 483 g/mol. The molecule has 1 atom stereocenters. The molecule has 1 unspecified atom stereocenters. The molecule has 0 saturated heterocycles. The Hall–Kier alpha value is -3.35. The van der Waals surface area contributed by atoms with Crippen LogP contribution >= 0.6 is 11.3 Å². The summed E-state index contributed by atoms with van der Waals surface area (Å²) in [4.78, 5) is 24.1. The zero-order valence-electron chi connectivity index (χ0n) is 18.9. The summed E-state index contributed by atoms with van der Waals surface area (Å²) < 4.78 is 42.6. The van der Waals surface area contributed by atoms with Crippen molar-refractivity contribution in [2.45, 2.75) is 57.8 Å². The first kappa shape index (κ1) is 24.8. The molecule has 3 aromatic rings. The van der Waals surface area contributed by atoms with Gasteiger partial charge >= 0.3 is 0 Å². The van der Waals surface area contributed by atoms with Crippen molar-refractivity contribution in [3.8, 4) is 0 Å². The Morgan fingerprint density at radius 1 is 1.26 bits per heavy atom. The van der Waals surface area contributed by atoms with Crippen LogP contribution in [0.25, 0.3) is 0 Å². The molecule has 2 heterocycles. The number of carbonyl (C=O) groups is 2. The predicted molar refractivity (Wildman–Crippen MR) is 122 cm³/mol. The minimum Gasteiger partial charge on any atom is -0.347 e. The number of hydrogen-bond donors (Lipinski definition) is 2. The van der Waals surface area contributed by atoms with Crippen LogP contribution in [0.1, 0.15) is 52.8 Å². The normalized spacial score (nSPS) is 14.5. The molecule has 1 fully saturated rings. The maximum absolute atomic E-state index is 14.5. The van der Waals surface area contributed by atoms with Crippen molar-refractivity contribution in [3.05, 3.63) is 52.3 Å². The maximum atomic E-state index is 14.5. The highest BCUT2D eigenvalue weighted by molar-refractivity contribution is 7.15. The van der Waals surface area contributed by atoms with E-state index in [1.807, 2.05) is 0 Å². The van der Waals surface area contributed by atoms with Gasteiger partial charge in [-0.25, -0.2) is 17.9 Å². The molecule has 1 saturated carbocycles. The molecule has 0 bridgehead atoms. The van der Waals surface area contributed by atoms with Crippen LogP contribution < -0.4 is 10.6 Å². The number of nitrogens with one attached hydrogen (secondary N) is 2. The first-order valence-electron chi connectivity index (χ1n) is 11.1. The van der Waals surface area contributed by atoms with Crippen LogP contribution in [0.4, 0.5) is 18.3 Å². The monoisotopic (exact) mass is 507 g/mol. The Bertz CT molecular complexity index is 1190. The number of carbonyl (C=O) groups excluding carboxylic acids is 2. The quantitative estimate of drug-likeness (QED) is 0.411. The number of aromatic nitrogens is 5. The number of rotatable bonds is 11. The van der Waals surface area contributed by atoms with Gasteiger partial charge in [0, 0.05) is 31.4 Å². The SMILES string of the molecule is CC(F)(F)c1cccc(CNC(=O)c2cn(CC(F)CCc3nnc(NC(=O)C4CC4)s3)nn2)c1. The van der Waals surface area contributed by atoms with Crippen molar-refractivity contribution in [3.63, 3.8) is 0 Å². The number of hydrogen-bond acceptors (Lipinski definition) is 7. The van der Waals surface area contributed by atoms with E-state index in [1.165, 1.54) is 40.4 Å². The molecule has 0 radical (unpaired) electrons. The largest absolute Gasteiger partial charge is 0.347 e. The highest BCUT2D eigenvalue weighted by Crippen LogP contribution is 2.31. The molecule has 186 valence electrons. The highest BCUT2D eigenvalue weighted by Gasteiger charge is 2.30. The van der Waals surface area contributed by atoms with Crippen LogP contribution in [0.5, 0.6) is 0 Å². The first-order chi connectivity index (χ1) is 16.7. The van der Waals surface area contributed by atoms with Crippen molar-refractivity contribution in [1.29, 1.82) is 0 Å². The average Bonchev–Trinajstić information content (AvgIpc) is 3.42. The maximum Gasteiger partial charge on any atom is 0.273 e. The second-order valence-electron chi connectivity index (χ2n) is 8.50. The van der Waals surface area contributed by atoms with Crippen LogP contribution in [-0.4, -0.2) is 43.2 Å². The fourth-order valence-corrected chi connectivity index (χ4v) is 4.01. The van der Waals surface area contributed by atoms with Crippen molar-refractivity contribution < 1.29 is 22.8 Å². The van der Waals surface area contributed by atoms with Gasteiger partial charge in [-0.1, -0.05) is 34.7 Å². The van der Waals surface area contributed by atoms with E-state index in [0.717, 1.165) is 19.8 Å². The number of aryl methyl sites for hydroxylation is 1. The molecule has 2 N–H and O–H groups in total. The molecule has 2 aromatic heterocycles. The molecule has 13 heteroatoms. The van der Waals surface area contributed by atoms with E-state index in [0.29, 0.717) is 22.1 Å². The Morgan fingerprint density at radius 3 is 2.80 bits per heavy atom. The van der Waals surface area contributed by atoms with E-state index in [4.69, 9.17) is 0 Å². The average molecular weight is 508 g/mol. The van der Waals surface area contributed by atoms with E-state index in [9.17, 15) is 22.8 Å². The van der Waals surface area contributed by atoms with Gasteiger partial charge in [-0.3, -0.25) is 9.59 Å². The third-order valence-corrected chi connectivity index (χ3v) is 6.26. The van der Waals surface area contributed by atoms with E-state index in [1.54, 1.807) is 6.07 Å². The number of amides is 2. The van der Waals surface area contributed by atoms with Crippen LogP contribution in [0.15, 0.2) is 30.5 Å². The summed E-state index contributed by atoms with van der Waals surface area (Å²) >= 11 is 1.22. The van der Waals surface area contributed by atoms with Gasteiger partial charge in [-0.2, -0.15) is 0 Å². The number of alkyl halides is 3. The predicted octanol–water partition coefficient (Wildman–Crippen LogP) is 3.49. The Kier molecular flexibility index (Phi) is 7.43. The van der Waals surface area contributed by atoms with Crippen molar-refractivity contribution in [2.24, 2.45) is 5.92 Å². The van der Waals surface area contributed by atoms with Crippen LogP contribution in [-0.2, 0) is 30.2 Å². The zero-order valence-corrected chi connectivity index (χ0v) is 19.7. The van der Waals surface area contributed by atoms with Crippen molar-refractivity contribution in [2.75, 3.05) is 5.32 Å². The highest BCUT2D eigenvalue weighted by atomic mass is 32.1. The molecule has 35 heavy (non-hydrogen) atoms. The summed E-state index contributed by atoms with van der Waals surface area (Å²) in [6.45, 7) is 0.742. The first-order valence-corrected chi connectivity index (χ1v) is 11.9. The lowest BCUT2D eigenvalue weighted by atomic mass is 10.1. The Balaban J connectivity index is 1.22. The topological polar surface area (TPSA) is 115 Å². The Labute approximate surface area is 203 Å². The van der Waals surface area contributed by atoms with Crippen molar-refractivity contribution >= 4 is 28.3 Å². The number of nitrogens with zero attached hydrogens (tertiary/aromatic N) is 5.